The Labute approximate surface area is 132 Å². The van der Waals surface area contributed by atoms with Crippen molar-refractivity contribution in [1.82, 2.24) is 0 Å². The van der Waals surface area contributed by atoms with E-state index >= 15 is 0 Å². The highest BCUT2D eigenvalue weighted by Gasteiger charge is 2.12. The molecule has 0 aliphatic heterocycles. The van der Waals surface area contributed by atoms with Crippen molar-refractivity contribution in [2.75, 3.05) is 10.6 Å². The molecule has 2 aromatic rings. The molecule has 0 saturated heterocycles. The molecule has 120 valence electrons. The van der Waals surface area contributed by atoms with Gasteiger partial charge in [0.2, 0.25) is 0 Å². The van der Waals surface area contributed by atoms with Gasteiger partial charge in [-0.1, -0.05) is 12.1 Å². The zero-order valence-electron chi connectivity index (χ0n) is 12.1. The molecule has 5 N–H and O–H groups in total. The summed E-state index contributed by atoms with van der Waals surface area (Å²) in [7, 11) is 0. The molecular formula is C16H16FN3O3. The lowest BCUT2D eigenvalue weighted by Gasteiger charge is -2.09. The Morgan fingerprint density at radius 2 is 1.48 bits per heavy atom. The minimum absolute atomic E-state index is 0.206. The first kappa shape index (κ1) is 16.4. The van der Waals surface area contributed by atoms with Crippen molar-refractivity contribution < 1.29 is 19.1 Å². The SMILES string of the molecule is N[C@@H](Cc1ccc(NC(=O)Nc2ccc(F)cc2)cc1)C(=O)O. The summed E-state index contributed by atoms with van der Waals surface area (Å²) in [6.45, 7) is 0. The van der Waals surface area contributed by atoms with Gasteiger partial charge in [0, 0.05) is 11.4 Å². The first-order valence-electron chi connectivity index (χ1n) is 6.85. The molecule has 2 rings (SSSR count). The van der Waals surface area contributed by atoms with Gasteiger partial charge in [0.25, 0.3) is 0 Å². The summed E-state index contributed by atoms with van der Waals surface area (Å²) in [6.07, 6.45) is 0.206. The molecule has 0 unspecified atom stereocenters. The van der Waals surface area contributed by atoms with Crippen molar-refractivity contribution >= 4 is 23.4 Å². The Bertz CT molecular complexity index is 687. The minimum Gasteiger partial charge on any atom is -0.480 e. The van der Waals surface area contributed by atoms with Crippen LogP contribution in [0.4, 0.5) is 20.6 Å². The zero-order valence-corrected chi connectivity index (χ0v) is 12.1. The number of hydrogen-bond acceptors (Lipinski definition) is 3. The summed E-state index contributed by atoms with van der Waals surface area (Å²) in [5.41, 5.74) is 7.22. The van der Waals surface area contributed by atoms with Crippen molar-refractivity contribution in [3.8, 4) is 0 Å². The van der Waals surface area contributed by atoms with Crippen LogP contribution < -0.4 is 16.4 Å². The Hall–Kier alpha value is -2.93. The molecular weight excluding hydrogens is 301 g/mol. The lowest BCUT2D eigenvalue weighted by atomic mass is 10.1. The van der Waals surface area contributed by atoms with Gasteiger partial charge in [0.05, 0.1) is 0 Å². The van der Waals surface area contributed by atoms with Crippen LogP contribution in [0.2, 0.25) is 0 Å². The number of carbonyl (C=O) groups excluding carboxylic acids is 1. The molecule has 0 aromatic heterocycles. The van der Waals surface area contributed by atoms with Gasteiger partial charge in [-0.2, -0.15) is 0 Å². The van der Waals surface area contributed by atoms with E-state index < -0.39 is 18.0 Å². The van der Waals surface area contributed by atoms with Crippen LogP contribution in [0.3, 0.4) is 0 Å². The topological polar surface area (TPSA) is 104 Å². The molecule has 0 aliphatic carbocycles. The Balaban J connectivity index is 1.91. The van der Waals surface area contributed by atoms with Crippen LogP contribution in [-0.2, 0) is 11.2 Å². The maximum atomic E-state index is 12.8. The Morgan fingerprint density at radius 1 is 1.00 bits per heavy atom. The fraction of sp³-hybridized carbons (Fsp3) is 0.125. The van der Waals surface area contributed by atoms with Crippen LogP contribution >= 0.6 is 0 Å². The van der Waals surface area contributed by atoms with Crippen LogP contribution in [0, 0.1) is 5.82 Å². The monoisotopic (exact) mass is 317 g/mol. The van der Waals surface area contributed by atoms with Gasteiger partial charge in [-0.15, -0.1) is 0 Å². The molecule has 0 spiro atoms. The maximum Gasteiger partial charge on any atom is 0.323 e. The summed E-state index contributed by atoms with van der Waals surface area (Å²) in [5, 5.41) is 13.9. The molecule has 0 radical (unpaired) electrons. The maximum absolute atomic E-state index is 12.8. The molecule has 0 fully saturated rings. The van der Waals surface area contributed by atoms with Crippen LogP contribution in [-0.4, -0.2) is 23.1 Å². The van der Waals surface area contributed by atoms with Gasteiger partial charge >= 0.3 is 12.0 Å². The van der Waals surface area contributed by atoms with Crippen molar-refractivity contribution in [3.63, 3.8) is 0 Å². The number of anilines is 2. The largest absolute Gasteiger partial charge is 0.480 e. The summed E-state index contributed by atoms with van der Waals surface area (Å²) >= 11 is 0. The fourth-order valence-corrected chi connectivity index (χ4v) is 1.89. The number of carboxylic acid groups (broad SMARTS) is 1. The summed E-state index contributed by atoms with van der Waals surface area (Å²) in [6, 6.07) is 10.6. The van der Waals surface area contributed by atoms with Gasteiger partial charge in [0.1, 0.15) is 11.9 Å². The minimum atomic E-state index is -1.06. The van der Waals surface area contributed by atoms with E-state index in [1.807, 2.05) is 0 Å². The zero-order chi connectivity index (χ0) is 16.8. The number of carbonyl (C=O) groups is 2. The molecule has 0 saturated carbocycles. The molecule has 2 aromatic carbocycles. The average Bonchev–Trinajstić information content (AvgIpc) is 2.51. The molecule has 6 nitrogen and oxygen atoms in total. The van der Waals surface area contributed by atoms with E-state index in [1.54, 1.807) is 24.3 Å². The summed E-state index contributed by atoms with van der Waals surface area (Å²) in [5.74, 6) is -1.45. The van der Waals surface area contributed by atoms with E-state index in [2.05, 4.69) is 10.6 Å². The number of rotatable bonds is 5. The van der Waals surface area contributed by atoms with E-state index in [9.17, 15) is 14.0 Å². The molecule has 2 amide bonds. The quantitative estimate of drug-likeness (QED) is 0.679. The van der Waals surface area contributed by atoms with Crippen molar-refractivity contribution in [2.24, 2.45) is 5.73 Å². The van der Waals surface area contributed by atoms with E-state index in [1.165, 1.54) is 24.3 Å². The van der Waals surface area contributed by atoms with Gasteiger partial charge in [-0.25, -0.2) is 9.18 Å². The second-order valence-electron chi connectivity index (χ2n) is 4.93. The molecule has 0 heterocycles. The fourth-order valence-electron chi connectivity index (χ4n) is 1.89. The van der Waals surface area contributed by atoms with Gasteiger partial charge in [-0.05, 0) is 48.4 Å². The van der Waals surface area contributed by atoms with Crippen LogP contribution in [0.15, 0.2) is 48.5 Å². The van der Waals surface area contributed by atoms with E-state index in [0.29, 0.717) is 11.4 Å². The Morgan fingerprint density at radius 3 is 1.96 bits per heavy atom. The summed E-state index contributed by atoms with van der Waals surface area (Å²) in [4.78, 5) is 22.5. The average molecular weight is 317 g/mol. The number of nitrogens with two attached hydrogens (primary N) is 1. The van der Waals surface area contributed by atoms with Gasteiger partial charge in [0.15, 0.2) is 0 Å². The number of halogens is 1. The van der Waals surface area contributed by atoms with Crippen molar-refractivity contribution in [1.29, 1.82) is 0 Å². The van der Waals surface area contributed by atoms with Crippen LogP contribution in [0.1, 0.15) is 5.56 Å². The number of nitrogens with one attached hydrogen (secondary N) is 2. The molecule has 0 bridgehead atoms. The number of hydrogen-bond donors (Lipinski definition) is 4. The smallest absolute Gasteiger partial charge is 0.323 e. The van der Waals surface area contributed by atoms with E-state index in [0.717, 1.165) is 5.56 Å². The second-order valence-corrected chi connectivity index (χ2v) is 4.93. The second kappa shape index (κ2) is 7.37. The van der Waals surface area contributed by atoms with Crippen LogP contribution in [0.25, 0.3) is 0 Å². The predicted octanol–water partition coefficient (Wildman–Crippen LogP) is 2.42. The van der Waals surface area contributed by atoms with Gasteiger partial charge in [-0.3, -0.25) is 4.79 Å². The molecule has 1 atom stereocenters. The normalized spacial score (nSPS) is 11.6. The highest BCUT2D eigenvalue weighted by atomic mass is 19.1. The predicted molar refractivity (Wildman–Crippen MR) is 84.8 cm³/mol. The van der Waals surface area contributed by atoms with E-state index in [4.69, 9.17) is 10.8 Å². The number of amides is 2. The molecule has 7 heteroatoms. The lowest BCUT2D eigenvalue weighted by molar-refractivity contribution is -0.138. The van der Waals surface area contributed by atoms with E-state index in [-0.39, 0.29) is 12.2 Å². The van der Waals surface area contributed by atoms with Gasteiger partial charge < -0.3 is 21.5 Å². The third kappa shape index (κ3) is 5.08. The van der Waals surface area contributed by atoms with Crippen molar-refractivity contribution in [2.45, 2.75) is 12.5 Å². The van der Waals surface area contributed by atoms with Crippen LogP contribution in [0.5, 0.6) is 0 Å². The third-order valence-electron chi connectivity index (χ3n) is 3.09. The first-order valence-corrected chi connectivity index (χ1v) is 6.85. The Kier molecular flexibility index (Phi) is 5.27. The van der Waals surface area contributed by atoms with Crippen molar-refractivity contribution in [3.05, 3.63) is 59.9 Å². The lowest BCUT2D eigenvalue weighted by Crippen LogP contribution is -2.32. The summed E-state index contributed by atoms with van der Waals surface area (Å²) < 4.78 is 12.8. The number of carboxylic acids is 1. The highest BCUT2D eigenvalue weighted by Crippen LogP contribution is 2.13. The number of benzene rings is 2. The molecule has 23 heavy (non-hydrogen) atoms. The molecule has 0 aliphatic rings. The number of urea groups is 1. The first-order chi connectivity index (χ1) is 10.9. The third-order valence-corrected chi connectivity index (χ3v) is 3.09. The highest BCUT2D eigenvalue weighted by molar-refractivity contribution is 5.99. The standard InChI is InChI=1S/C16H16FN3O3/c17-11-3-7-13(8-4-11)20-16(23)19-12-5-1-10(2-6-12)9-14(18)15(21)22/h1-8,14H,9,18H2,(H,21,22)(H2,19,20,23)/t14-/m0/s1. The number of aliphatic carboxylic acids is 1.